The van der Waals surface area contributed by atoms with Crippen LogP contribution >= 0.6 is 0 Å². The predicted octanol–water partition coefficient (Wildman–Crippen LogP) is 2.63. The van der Waals surface area contributed by atoms with Gasteiger partial charge in [-0.1, -0.05) is 42.2 Å². The molecule has 0 saturated carbocycles. The Hall–Kier alpha value is -2.28. The predicted molar refractivity (Wildman–Crippen MR) is 82.0 cm³/mol. The van der Waals surface area contributed by atoms with Gasteiger partial charge >= 0.3 is 0 Å². The van der Waals surface area contributed by atoms with Crippen molar-refractivity contribution in [3.63, 3.8) is 0 Å². The number of para-hydroxylation sites is 1. The molecule has 0 heterocycles. The molecule has 0 amide bonds. The highest BCUT2D eigenvalue weighted by Crippen LogP contribution is 2.08. The number of hydrogen-bond donors (Lipinski definition) is 1. The van der Waals surface area contributed by atoms with Gasteiger partial charge in [0.15, 0.2) is 0 Å². The molecule has 0 atom stereocenters. The molecule has 2 aromatic rings. The van der Waals surface area contributed by atoms with Gasteiger partial charge in [-0.05, 0) is 29.8 Å². The normalized spacial score (nSPS) is 9.76. The first-order chi connectivity index (χ1) is 10.4. The van der Waals surface area contributed by atoms with Gasteiger partial charge in [0, 0.05) is 5.56 Å². The van der Waals surface area contributed by atoms with Crippen molar-refractivity contribution in [1.29, 1.82) is 0 Å². The first kappa shape index (κ1) is 15.1. The number of aliphatic hydroxyl groups excluding tert-OH is 1. The standard InChI is InChI=1S/C18H18O3/c19-11-5-8-16-6-4-7-17(14-16)15-20-12-13-21-18-9-2-1-3-10-18/h1-4,6-7,9-10,14,19H,11-13,15H2. The summed E-state index contributed by atoms with van der Waals surface area (Å²) in [7, 11) is 0. The molecule has 0 spiro atoms. The lowest BCUT2D eigenvalue weighted by Gasteiger charge is -2.07. The maximum absolute atomic E-state index is 8.68. The highest BCUT2D eigenvalue weighted by molar-refractivity contribution is 5.36. The van der Waals surface area contributed by atoms with E-state index >= 15 is 0 Å². The van der Waals surface area contributed by atoms with Crippen molar-refractivity contribution in [3.8, 4) is 17.6 Å². The van der Waals surface area contributed by atoms with E-state index in [9.17, 15) is 0 Å². The highest BCUT2D eigenvalue weighted by Gasteiger charge is 1.96. The fraction of sp³-hybridized carbons (Fsp3) is 0.222. The molecule has 0 saturated heterocycles. The van der Waals surface area contributed by atoms with Crippen molar-refractivity contribution in [2.45, 2.75) is 6.61 Å². The number of rotatable bonds is 6. The van der Waals surface area contributed by atoms with Crippen LogP contribution in [0.3, 0.4) is 0 Å². The first-order valence-corrected chi connectivity index (χ1v) is 6.83. The van der Waals surface area contributed by atoms with E-state index in [0.29, 0.717) is 19.8 Å². The molecular formula is C18H18O3. The molecule has 3 nitrogen and oxygen atoms in total. The zero-order valence-corrected chi connectivity index (χ0v) is 11.8. The largest absolute Gasteiger partial charge is 0.491 e. The molecule has 0 unspecified atom stereocenters. The zero-order valence-electron chi connectivity index (χ0n) is 11.8. The third-order valence-electron chi connectivity index (χ3n) is 2.75. The van der Waals surface area contributed by atoms with Gasteiger partial charge in [0.1, 0.15) is 19.0 Å². The lowest BCUT2D eigenvalue weighted by atomic mass is 10.1. The molecule has 0 bridgehead atoms. The molecule has 2 rings (SSSR count). The second kappa shape index (κ2) is 8.80. The molecule has 0 aliphatic rings. The van der Waals surface area contributed by atoms with E-state index in [1.165, 1.54) is 0 Å². The highest BCUT2D eigenvalue weighted by atomic mass is 16.5. The average molecular weight is 282 g/mol. The number of benzene rings is 2. The van der Waals surface area contributed by atoms with Crippen LogP contribution in [0.2, 0.25) is 0 Å². The summed E-state index contributed by atoms with van der Waals surface area (Å²) >= 11 is 0. The van der Waals surface area contributed by atoms with Crippen molar-refractivity contribution < 1.29 is 14.6 Å². The van der Waals surface area contributed by atoms with Crippen LogP contribution in [0, 0.1) is 11.8 Å². The van der Waals surface area contributed by atoms with Crippen molar-refractivity contribution in [2.24, 2.45) is 0 Å². The van der Waals surface area contributed by atoms with E-state index in [1.54, 1.807) is 0 Å². The Morgan fingerprint density at radius 1 is 0.952 bits per heavy atom. The summed E-state index contributed by atoms with van der Waals surface area (Å²) in [6, 6.07) is 17.5. The van der Waals surface area contributed by atoms with Gasteiger partial charge < -0.3 is 14.6 Å². The Bertz CT molecular complexity index is 597. The average Bonchev–Trinajstić information content (AvgIpc) is 2.54. The molecule has 0 aliphatic heterocycles. The molecular weight excluding hydrogens is 264 g/mol. The Labute approximate surface area is 125 Å². The van der Waals surface area contributed by atoms with Gasteiger partial charge in [-0.25, -0.2) is 0 Å². The van der Waals surface area contributed by atoms with E-state index in [1.807, 2.05) is 54.6 Å². The van der Waals surface area contributed by atoms with Crippen molar-refractivity contribution in [2.75, 3.05) is 19.8 Å². The Morgan fingerprint density at radius 3 is 2.62 bits per heavy atom. The number of aliphatic hydroxyl groups is 1. The fourth-order valence-corrected chi connectivity index (χ4v) is 1.81. The van der Waals surface area contributed by atoms with Gasteiger partial charge in [-0.2, -0.15) is 0 Å². The van der Waals surface area contributed by atoms with E-state index in [4.69, 9.17) is 14.6 Å². The van der Waals surface area contributed by atoms with Crippen LogP contribution < -0.4 is 4.74 Å². The van der Waals surface area contributed by atoms with E-state index < -0.39 is 0 Å². The van der Waals surface area contributed by atoms with Crippen LogP contribution in [0.5, 0.6) is 5.75 Å². The third kappa shape index (κ3) is 5.70. The van der Waals surface area contributed by atoms with Gasteiger partial charge in [0.25, 0.3) is 0 Å². The van der Waals surface area contributed by atoms with E-state index in [-0.39, 0.29) is 6.61 Å². The maximum atomic E-state index is 8.68. The fourth-order valence-electron chi connectivity index (χ4n) is 1.81. The summed E-state index contributed by atoms with van der Waals surface area (Å²) in [4.78, 5) is 0. The molecule has 0 radical (unpaired) electrons. The molecule has 2 aromatic carbocycles. The number of hydrogen-bond acceptors (Lipinski definition) is 3. The van der Waals surface area contributed by atoms with Crippen LogP contribution in [0.4, 0.5) is 0 Å². The molecule has 0 aliphatic carbocycles. The van der Waals surface area contributed by atoms with E-state index in [2.05, 4.69) is 11.8 Å². The topological polar surface area (TPSA) is 38.7 Å². The maximum Gasteiger partial charge on any atom is 0.119 e. The Morgan fingerprint density at radius 2 is 1.81 bits per heavy atom. The third-order valence-corrected chi connectivity index (χ3v) is 2.75. The lowest BCUT2D eigenvalue weighted by Crippen LogP contribution is -2.06. The Kier molecular flexibility index (Phi) is 6.34. The second-order valence-corrected chi connectivity index (χ2v) is 4.37. The molecule has 108 valence electrons. The van der Waals surface area contributed by atoms with Gasteiger partial charge in [-0.3, -0.25) is 0 Å². The SMILES string of the molecule is OCC#Cc1cccc(COCCOc2ccccc2)c1. The van der Waals surface area contributed by atoms with Crippen LogP contribution in [-0.4, -0.2) is 24.9 Å². The molecule has 3 heteroatoms. The van der Waals surface area contributed by atoms with Crippen LogP contribution in [-0.2, 0) is 11.3 Å². The minimum Gasteiger partial charge on any atom is -0.491 e. The summed E-state index contributed by atoms with van der Waals surface area (Å²) in [5.74, 6) is 6.36. The summed E-state index contributed by atoms with van der Waals surface area (Å²) in [5, 5.41) is 8.68. The van der Waals surface area contributed by atoms with Crippen LogP contribution in [0.1, 0.15) is 11.1 Å². The molecule has 0 aromatic heterocycles. The van der Waals surface area contributed by atoms with Gasteiger partial charge in [-0.15, -0.1) is 0 Å². The smallest absolute Gasteiger partial charge is 0.119 e. The minimum absolute atomic E-state index is 0.127. The van der Waals surface area contributed by atoms with Crippen molar-refractivity contribution in [1.82, 2.24) is 0 Å². The quantitative estimate of drug-likeness (QED) is 0.654. The first-order valence-electron chi connectivity index (χ1n) is 6.83. The second-order valence-electron chi connectivity index (χ2n) is 4.37. The Balaban J connectivity index is 1.71. The molecule has 1 N–H and O–H groups in total. The van der Waals surface area contributed by atoms with Crippen molar-refractivity contribution in [3.05, 3.63) is 65.7 Å². The molecule has 0 fully saturated rings. The monoisotopic (exact) mass is 282 g/mol. The lowest BCUT2D eigenvalue weighted by molar-refractivity contribution is 0.0889. The van der Waals surface area contributed by atoms with Gasteiger partial charge in [0.05, 0.1) is 13.2 Å². The summed E-state index contributed by atoms with van der Waals surface area (Å²) in [6.45, 7) is 1.44. The van der Waals surface area contributed by atoms with Crippen molar-refractivity contribution >= 4 is 0 Å². The zero-order chi connectivity index (χ0) is 14.8. The van der Waals surface area contributed by atoms with E-state index in [0.717, 1.165) is 16.9 Å². The summed E-state index contributed by atoms with van der Waals surface area (Å²) < 4.78 is 11.1. The summed E-state index contributed by atoms with van der Waals surface area (Å²) in [6.07, 6.45) is 0. The van der Waals surface area contributed by atoms with Crippen LogP contribution in [0.25, 0.3) is 0 Å². The minimum atomic E-state index is -0.127. The number of ether oxygens (including phenoxy) is 2. The van der Waals surface area contributed by atoms with Gasteiger partial charge in [0.2, 0.25) is 0 Å². The molecule has 21 heavy (non-hydrogen) atoms. The summed E-state index contributed by atoms with van der Waals surface area (Å²) in [5.41, 5.74) is 1.94. The van der Waals surface area contributed by atoms with Crippen LogP contribution in [0.15, 0.2) is 54.6 Å².